The normalized spacial score (nSPS) is 11.8. The lowest BCUT2D eigenvalue weighted by Gasteiger charge is -2.14. The van der Waals surface area contributed by atoms with E-state index in [0.717, 1.165) is 11.3 Å². The van der Waals surface area contributed by atoms with Crippen LogP contribution < -0.4 is 10.6 Å². The van der Waals surface area contributed by atoms with E-state index in [1.807, 2.05) is 43.3 Å². The van der Waals surface area contributed by atoms with E-state index < -0.39 is 0 Å². The lowest BCUT2D eigenvalue weighted by molar-refractivity contribution is 0.236. The van der Waals surface area contributed by atoms with Crippen molar-refractivity contribution in [2.24, 2.45) is 0 Å². The predicted octanol–water partition coefficient (Wildman–Crippen LogP) is 2.84. The van der Waals surface area contributed by atoms with Crippen molar-refractivity contribution < 1.29 is 9.21 Å². The van der Waals surface area contributed by atoms with Gasteiger partial charge < -0.3 is 15.1 Å². The first-order valence-corrected chi connectivity index (χ1v) is 5.87. The van der Waals surface area contributed by atoms with Gasteiger partial charge in [-0.15, -0.1) is 0 Å². The van der Waals surface area contributed by atoms with Gasteiger partial charge in [-0.1, -0.05) is 30.3 Å². The summed E-state index contributed by atoms with van der Waals surface area (Å²) in [5.74, 6) is 0.734. The maximum atomic E-state index is 11.7. The zero-order valence-corrected chi connectivity index (χ0v) is 10.2. The molecule has 1 aromatic carbocycles. The summed E-state index contributed by atoms with van der Waals surface area (Å²) in [6, 6.07) is 13.2. The van der Waals surface area contributed by atoms with E-state index >= 15 is 0 Å². The van der Waals surface area contributed by atoms with Crippen molar-refractivity contribution in [3.63, 3.8) is 0 Å². The summed E-state index contributed by atoms with van der Waals surface area (Å²) in [4.78, 5) is 11.7. The Morgan fingerprint density at radius 3 is 2.67 bits per heavy atom. The zero-order chi connectivity index (χ0) is 12.8. The average Bonchev–Trinajstić information content (AvgIpc) is 2.90. The van der Waals surface area contributed by atoms with E-state index in [2.05, 4.69) is 10.6 Å². The van der Waals surface area contributed by atoms with E-state index in [-0.39, 0.29) is 12.1 Å². The smallest absolute Gasteiger partial charge is 0.315 e. The highest BCUT2D eigenvalue weighted by Gasteiger charge is 2.08. The number of amides is 2. The van der Waals surface area contributed by atoms with E-state index in [1.165, 1.54) is 0 Å². The first-order valence-electron chi connectivity index (χ1n) is 5.87. The van der Waals surface area contributed by atoms with Crippen molar-refractivity contribution in [3.05, 3.63) is 60.1 Å². The van der Waals surface area contributed by atoms with Crippen molar-refractivity contribution in [2.45, 2.75) is 19.5 Å². The summed E-state index contributed by atoms with van der Waals surface area (Å²) in [5.41, 5.74) is 1.07. The lowest BCUT2D eigenvalue weighted by Crippen LogP contribution is -2.36. The molecule has 2 aromatic rings. The molecule has 1 heterocycles. The van der Waals surface area contributed by atoms with Crippen LogP contribution in [0, 0.1) is 0 Å². The molecule has 0 bridgehead atoms. The second kappa shape index (κ2) is 5.91. The molecule has 4 heteroatoms. The van der Waals surface area contributed by atoms with Crippen LogP contribution >= 0.6 is 0 Å². The largest absolute Gasteiger partial charge is 0.467 e. The highest BCUT2D eigenvalue weighted by Crippen LogP contribution is 2.10. The molecule has 94 valence electrons. The second-order valence-electron chi connectivity index (χ2n) is 4.04. The van der Waals surface area contributed by atoms with Gasteiger partial charge in [0.15, 0.2) is 0 Å². The number of benzene rings is 1. The molecule has 1 atom stereocenters. The number of hydrogen-bond donors (Lipinski definition) is 2. The van der Waals surface area contributed by atoms with Crippen LogP contribution in [0.1, 0.15) is 24.3 Å². The molecule has 0 aliphatic carbocycles. The Morgan fingerprint density at radius 1 is 1.22 bits per heavy atom. The molecule has 1 aromatic heterocycles. The van der Waals surface area contributed by atoms with Gasteiger partial charge in [-0.3, -0.25) is 0 Å². The summed E-state index contributed by atoms with van der Waals surface area (Å²) in [6.07, 6.45) is 1.58. The fourth-order valence-electron chi connectivity index (χ4n) is 1.65. The molecule has 0 aliphatic rings. The van der Waals surface area contributed by atoms with E-state index in [4.69, 9.17) is 4.42 Å². The predicted molar refractivity (Wildman–Crippen MR) is 68.9 cm³/mol. The molecule has 18 heavy (non-hydrogen) atoms. The Labute approximate surface area is 106 Å². The van der Waals surface area contributed by atoms with Gasteiger partial charge in [0.2, 0.25) is 0 Å². The molecule has 0 saturated heterocycles. The number of carbonyl (C=O) groups is 1. The maximum absolute atomic E-state index is 11.7. The fraction of sp³-hybridized carbons (Fsp3) is 0.214. The van der Waals surface area contributed by atoms with Crippen LogP contribution in [0.15, 0.2) is 53.1 Å². The van der Waals surface area contributed by atoms with Crippen molar-refractivity contribution in [1.29, 1.82) is 0 Å². The first kappa shape index (κ1) is 12.2. The average molecular weight is 244 g/mol. The maximum Gasteiger partial charge on any atom is 0.315 e. The Morgan fingerprint density at radius 2 is 2.00 bits per heavy atom. The summed E-state index contributed by atoms with van der Waals surface area (Å²) >= 11 is 0. The van der Waals surface area contributed by atoms with Gasteiger partial charge in [0, 0.05) is 0 Å². The third-order valence-electron chi connectivity index (χ3n) is 2.65. The Hall–Kier alpha value is -2.23. The van der Waals surface area contributed by atoms with Crippen LogP contribution in [0.4, 0.5) is 4.79 Å². The van der Waals surface area contributed by atoms with Crippen LogP contribution in [0.25, 0.3) is 0 Å². The highest BCUT2D eigenvalue weighted by molar-refractivity contribution is 5.74. The molecule has 4 nitrogen and oxygen atoms in total. The minimum Gasteiger partial charge on any atom is -0.467 e. The molecule has 0 saturated carbocycles. The van der Waals surface area contributed by atoms with Crippen LogP contribution in [0.2, 0.25) is 0 Å². The van der Waals surface area contributed by atoms with Crippen molar-refractivity contribution >= 4 is 6.03 Å². The van der Waals surface area contributed by atoms with Gasteiger partial charge in [-0.25, -0.2) is 4.79 Å². The molecule has 0 spiro atoms. The number of furan rings is 1. The fourth-order valence-corrected chi connectivity index (χ4v) is 1.65. The number of hydrogen-bond acceptors (Lipinski definition) is 2. The molecule has 2 rings (SSSR count). The van der Waals surface area contributed by atoms with Crippen LogP contribution in [-0.2, 0) is 6.54 Å². The van der Waals surface area contributed by atoms with Gasteiger partial charge in [-0.05, 0) is 24.6 Å². The molecular formula is C14H16N2O2. The third-order valence-corrected chi connectivity index (χ3v) is 2.65. The summed E-state index contributed by atoms with van der Waals surface area (Å²) in [6.45, 7) is 2.34. The second-order valence-corrected chi connectivity index (χ2v) is 4.04. The van der Waals surface area contributed by atoms with Crippen LogP contribution in [0.3, 0.4) is 0 Å². The van der Waals surface area contributed by atoms with Crippen molar-refractivity contribution in [2.75, 3.05) is 0 Å². The number of urea groups is 1. The Kier molecular flexibility index (Phi) is 4.02. The topological polar surface area (TPSA) is 54.3 Å². The van der Waals surface area contributed by atoms with E-state index in [1.54, 1.807) is 12.3 Å². The van der Waals surface area contributed by atoms with Crippen molar-refractivity contribution in [3.8, 4) is 0 Å². The number of carbonyl (C=O) groups excluding carboxylic acids is 1. The summed E-state index contributed by atoms with van der Waals surface area (Å²) < 4.78 is 5.13. The van der Waals surface area contributed by atoms with Crippen molar-refractivity contribution in [1.82, 2.24) is 10.6 Å². The van der Waals surface area contributed by atoms with Gasteiger partial charge in [-0.2, -0.15) is 0 Å². The number of nitrogens with one attached hydrogen (secondary N) is 2. The molecule has 2 N–H and O–H groups in total. The molecule has 0 radical (unpaired) electrons. The minimum atomic E-state index is -0.206. The van der Waals surface area contributed by atoms with Crippen LogP contribution in [0.5, 0.6) is 0 Å². The summed E-state index contributed by atoms with van der Waals surface area (Å²) in [5, 5.41) is 5.61. The molecule has 0 unspecified atom stereocenters. The van der Waals surface area contributed by atoms with Gasteiger partial charge >= 0.3 is 6.03 Å². The van der Waals surface area contributed by atoms with Gasteiger partial charge in [0.25, 0.3) is 0 Å². The minimum absolute atomic E-state index is 0.0252. The molecule has 0 fully saturated rings. The zero-order valence-electron chi connectivity index (χ0n) is 10.2. The molecule has 0 aliphatic heterocycles. The number of rotatable bonds is 4. The SMILES string of the molecule is C[C@@H](NC(=O)NCc1ccco1)c1ccccc1. The third kappa shape index (κ3) is 3.38. The quantitative estimate of drug-likeness (QED) is 0.868. The monoisotopic (exact) mass is 244 g/mol. The summed E-state index contributed by atoms with van der Waals surface area (Å²) in [7, 11) is 0. The highest BCUT2D eigenvalue weighted by atomic mass is 16.3. The van der Waals surface area contributed by atoms with Gasteiger partial charge in [0.1, 0.15) is 5.76 Å². The Bertz CT molecular complexity index is 480. The standard InChI is InChI=1S/C14H16N2O2/c1-11(12-6-3-2-4-7-12)16-14(17)15-10-13-8-5-9-18-13/h2-9,11H,10H2,1H3,(H2,15,16,17)/t11-/m1/s1. The molecule has 2 amide bonds. The van der Waals surface area contributed by atoms with E-state index in [0.29, 0.717) is 6.54 Å². The van der Waals surface area contributed by atoms with Gasteiger partial charge in [0.05, 0.1) is 18.8 Å². The molecular weight excluding hydrogens is 228 g/mol. The van der Waals surface area contributed by atoms with E-state index in [9.17, 15) is 4.79 Å². The first-order chi connectivity index (χ1) is 8.75. The van der Waals surface area contributed by atoms with Crippen LogP contribution in [-0.4, -0.2) is 6.03 Å². The Balaban J connectivity index is 1.80. The lowest BCUT2D eigenvalue weighted by atomic mass is 10.1.